The molecule has 0 aliphatic carbocycles. The first-order valence-corrected chi connectivity index (χ1v) is 11.6. The molecule has 8 nitrogen and oxygen atoms in total. The van der Waals surface area contributed by atoms with Crippen molar-refractivity contribution in [3.8, 4) is 11.1 Å². The van der Waals surface area contributed by atoms with Crippen LogP contribution in [0, 0.1) is 5.82 Å². The van der Waals surface area contributed by atoms with Gasteiger partial charge >= 0.3 is 12.1 Å². The van der Waals surface area contributed by atoms with Gasteiger partial charge < -0.3 is 14.8 Å². The van der Waals surface area contributed by atoms with Crippen LogP contribution in [0.4, 0.5) is 9.18 Å². The monoisotopic (exact) mass is 524 g/mol. The summed E-state index contributed by atoms with van der Waals surface area (Å²) >= 11 is 12.5. The third-order valence-electron chi connectivity index (χ3n) is 4.74. The number of benzene rings is 2. The third-order valence-corrected chi connectivity index (χ3v) is 5.32. The molecular weight excluding hydrogens is 498 g/mol. The zero-order chi connectivity index (χ0) is 26.2. The Hall–Kier alpha value is -3.00. The highest BCUT2D eigenvalue weighted by Crippen LogP contribution is 2.30. The standard InChI is InChI=1S/C24H27Cl2FN4O4/c1-5-34-22(32)21(30-31-28)13-17(29-23(33)35-24(2,3)4)10-15-7-6-14(11-19(15)26)18-12-16(25)8-9-20(18)27/h6-9,11-12,17,21H,5,10,13H2,1-4H3,(H,29,33)/t17-,21-/m1/s1. The van der Waals surface area contributed by atoms with E-state index in [9.17, 15) is 14.0 Å². The molecule has 0 saturated heterocycles. The molecule has 35 heavy (non-hydrogen) atoms. The molecule has 0 fully saturated rings. The zero-order valence-electron chi connectivity index (χ0n) is 19.8. The van der Waals surface area contributed by atoms with Crippen LogP contribution in [0.1, 0.15) is 39.7 Å². The van der Waals surface area contributed by atoms with E-state index in [4.69, 9.17) is 38.2 Å². The van der Waals surface area contributed by atoms with Crippen LogP contribution in [-0.2, 0) is 20.7 Å². The summed E-state index contributed by atoms with van der Waals surface area (Å²) in [6.07, 6.45) is -0.587. The highest BCUT2D eigenvalue weighted by Gasteiger charge is 2.27. The number of esters is 1. The van der Waals surface area contributed by atoms with Gasteiger partial charge in [0.2, 0.25) is 0 Å². The molecule has 0 aliphatic rings. The minimum Gasteiger partial charge on any atom is -0.466 e. The van der Waals surface area contributed by atoms with E-state index in [-0.39, 0.29) is 19.4 Å². The van der Waals surface area contributed by atoms with Crippen LogP contribution in [0.25, 0.3) is 21.6 Å². The summed E-state index contributed by atoms with van der Waals surface area (Å²) in [5.41, 5.74) is 9.57. The van der Waals surface area contributed by atoms with Gasteiger partial charge in [0.25, 0.3) is 0 Å². The second-order valence-electron chi connectivity index (χ2n) is 8.69. The molecule has 1 amide bonds. The molecule has 2 aromatic rings. The fourth-order valence-corrected chi connectivity index (χ4v) is 3.72. The number of halogens is 3. The van der Waals surface area contributed by atoms with Gasteiger partial charge in [-0.1, -0.05) is 40.4 Å². The number of azide groups is 1. The Kier molecular flexibility index (Phi) is 10.2. The number of ether oxygens (including phenoxy) is 2. The largest absolute Gasteiger partial charge is 0.466 e. The van der Waals surface area contributed by atoms with Crippen LogP contribution in [0.2, 0.25) is 10.0 Å². The molecule has 0 aromatic heterocycles. The number of nitrogens with one attached hydrogen (secondary N) is 1. The fraction of sp³-hybridized carbons (Fsp3) is 0.417. The van der Waals surface area contributed by atoms with Gasteiger partial charge in [0.05, 0.1) is 6.61 Å². The van der Waals surface area contributed by atoms with Crippen molar-refractivity contribution in [3.63, 3.8) is 0 Å². The van der Waals surface area contributed by atoms with Gasteiger partial charge in [0, 0.05) is 26.6 Å². The summed E-state index contributed by atoms with van der Waals surface area (Å²) in [7, 11) is 0. The summed E-state index contributed by atoms with van der Waals surface area (Å²) in [5.74, 6) is -1.16. The summed E-state index contributed by atoms with van der Waals surface area (Å²) in [6, 6.07) is 7.31. The number of hydrogen-bond donors (Lipinski definition) is 1. The molecule has 2 aromatic carbocycles. The van der Waals surface area contributed by atoms with Gasteiger partial charge in [-0.2, -0.15) is 0 Å². The number of carbonyl (C=O) groups excluding carboxylic acids is 2. The van der Waals surface area contributed by atoms with Gasteiger partial charge in [-0.3, -0.25) is 4.79 Å². The minimum atomic E-state index is -1.17. The van der Waals surface area contributed by atoms with E-state index in [2.05, 4.69) is 15.3 Å². The van der Waals surface area contributed by atoms with Gasteiger partial charge in [-0.05, 0) is 81.5 Å². The molecule has 0 unspecified atom stereocenters. The predicted molar refractivity (Wildman–Crippen MR) is 133 cm³/mol. The van der Waals surface area contributed by atoms with Gasteiger partial charge in [-0.15, -0.1) is 0 Å². The van der Waals surface area contributed by atoms with E-state index >= 15 is 0 Å². The van der Waals surface area contributed by atoms with E-state index < -0.39 is 35.6 Å². The number of amides is 1. The van der Waals surface area contributed by atoms with Crippen molar-refractivity contribution in [2.24, 2.45) is 5.11 Å². The molecular formula is C24H27Cl2FN4O4. The summed E-state index contributed by atoms with van der Waals surface area (Å²) < 4.78 is 24.6. The molecule has 11 heteroatoms. The maximum Gasteiger partial charge on any atom is 0.407 e. The van der Waals surface area contributed by atoms with Crippen LogP contribution in [-0.4, -0.2) is 36.4 Å². The molecule has 2 rings (SSSR count). The zero-order valence-corrected chi connectivity index (χ0v) is 21.4. The van der Waals surface area contributed by atoms with E-state index in [1.54, 1.807) is 45.9 Å². The lowest BCUT2D eigenvalue weighted by Crippen LogP contribution is -2.43. The van der Waals surface area contributed by atoms with Gasteiger partial charge in [0.15, 0.2) is 0 Å². The van der Waals surface area contributed by atoms with Crippen molar-refractivity contribution in [2.45, 2.75) is 58.2 Å². The quantitative estimate of drug-likeness (QED) is 0.167. The third kappa shape index (κ3) is 8.94. The summed E-state index contributed by atoms with van der Waals surface area (Å²) in [4.78, 5) is 27.4. The molecule has 188 valence electrons. The van der Waals surface area contributed by atoms with Crippen molar-refractivity contribution in [2.75, 3.05) is 6.61 Å². The molecule has 0 saturated carbocycles. The van der Waals surface area contributed by atoms with Crippen molar-refractivity contribution in [1.82, 2.24) is 5.32 Å². The first-order valence-electron chi connectivity index (χ1n) is 10.9. The lowest BCUT2D eigenvalue weighted by atomic mass is 9.97. The average molecular weight is 525 g/mol. The minimum absolute atomic E-state index is 0.0524. The van der Waals surface area contributed by atoms with Crippen LogP contribution in [0.3, 0.4) is 0 Å². The van der Waals surface area contributed by atoms with E-state index in [1.165, 1.54) is 18.2 Å². The lowest BCUT2D eigenvalue weighted by Gasteiger charge is -2.25. The Morgan fingerprint density at radius 2 is 1.91 bits per heavy atom. The van der Waals surface area contributed by atoms with Gasteiger partial charge in [0.1, 0.15) is 17.5 Å². The predicted octanol–water partition coefficient (Wildman–Crippen LogP) is 6.87. The molecule has 0 heterocycles. The number of hydrogen-bond acceptors (Lipinski definition) is 5. The summed E-state index contributed by atoms with van der Waals surface area (Å²) in [5, 5.41) is 6.93. The number of rotatable bonds is 9. The highest BCUT2D eigenvalue weighted by atomic mass is 35.5. The molecule has 2 atom stereocenters. The molecule has 0 aliphatic heterocycles. The number of nitrogens with zero attached hydrogens (tertiary/aromatic N) is 3. The lowest BCUT2D eigenvalue weighted by molar-refractivity contribution is -0.145. The van der Waals surface area contributed by atoms with E-state index in [0.717, 1.165) is 0 Å². The molecule has 1 N–H and O–H groups in total. The fourth-order valence-electron chi connectivity index (χ4n) is 3.29. The number of alkyl carbamates (subject to hydrolysis) is 1. The smallest absolute Gasteiger partial charge is 0.407 e. The van der Waals surface area contributed by atoms with Crippen LogP contribution in [0.5, 0.6) is 0 Å². The van der Waals surface area contributed by atoms with Crippen molar-refractivity contribution < 1.29 is 23.5 Å². The molecule has 0 spiro atoms. The molecule has 0 bridgehead atoms. The van der Waals surface area contributed by atoms with E-state index in [0.29, 0.717) is 26.7 Å². The maximum absolute atomic E-state index is 14.3. The topological polar surface area (TPSA) is 113 Å². The maximum atomic E-state index is 14.3. The normalized spacial score (nSPS) is 12.8. The SMILES string of the molecule is CCOC(=O)[C@@H](C[C@@H](Cc1ccc(-c2cc(Cl)ccc2F)cc1Cl)NC(=O)OC(C)(C)C)N=[N+]=[N-]. The van der Waals surface area contributed by atoms with Crippen molar-refractivity contribution >= 4 is 35.3 Å². The first-order chi connectivity index (χ1) is 16.4. The van der Waals surface area contributed by atoms with Crippen LogP contribution in [0.15, 0.2) is 41.5 Å². The Bertz CT molecular complexity index is 1120. The van der Waals surface area contributed by atoms with Crippen molar-refractivity contribution in [1.29, 1.82) is 0 Å². The molecule has 0 radical (unpaired) electrons. The second kappa shape index (κ2) is 12.6. The summed E-state index contributed by atoms with van der Waals surface area (Å²) in [6.45, 7) is 6.88. The van der Waals surface area contributed by atoms with Crippen molar-refractivity contribution in [3.05, 3.63) is 68.3 Å². The van der Waals surface area contributed by atoms with E-state index in [1.807, 2.05) is 0 Å². The Morgan fingerprint density at radius 1 is 1.20 bits per heavy atom. The Balaban J connectivity index is 2.33. The first kappa shape index (κ1) is 28.2. The van der Waals surface area contributed by atoms with Crippen LogP contribution < -0.4 is 5.32 Å². The number of carbonyl (C=O) groups is 2. The Morgan fingerprint density at radius 3 is 2.51 bits per heavy atom. The average Bonchev–Trinajstić information content (AvgIpc) is 2.75. The van der Waals surface area contributed by atoms with Crippen LogP contribution >= 0.6 is 23.2 Å². The van der Waals surface area contributed by atoms with Gasteiger partial charge in [-0.25, -0.2) is 9.18 Å². The Labute approximate surface area is 213 Å². The second-order valence-corrected chi connectivity index (χ2v) is 9.53. The highest BCUT2D eigenvalue weighted by molar-refractivity contribution is 6.32.